The van der Waals surface area contributed by atoms with E-state index in [0.29, 0.717) is 6.42 Å². The summed E-state index contributed by atoms with van der Waals surface area (Å²) >= 11 is 0. The third-order valence-electron chi connectivity index (χ3n) is 4.15. The van der Waals surface area contributed by atoms with Crippen LogP contribution in [0.15, 0.2) is 36.5 Å². The van der Waals surface area contributed by atoms with Gasteiger partial charge in [-0.25, -0.2) is 0 Å². The van der Waals surface area contributed by atoms with E-state index < -0.39 is 0 Å². The summed E-state index contributed by atoms with van der Waals surface area (Å²) in [6.45, 7) is 2.06. The first-order valence-corrected chi connectivity index (χ1v) is 7.37. The number of rotatable bonds is 3. The molecule has 2 heterocycles. The van der Waals surface area contributed by atoms with Crippen LogP contribution in [0.3, 0.4) is 0 Å². The average molecular weight is 282 g/mol. The Balaban J connectivity index is 2.00. The molecule has 1 saturated heterocycles. The van der Waals surface area contributed by atoms with Gasteiger partial charge in [0, 0.05) is 29.8 Å². The number of hydrogen-bond donors (Lipinski definition) is 1. The van der Waals surface area contributed by atoms with Gasteiger partial charge in [-0.05, 0) is 30.2 Å². The highest BCUT2D eigenvalue weighted by Gasteiger charge is 2.36. The molecule has 2 unspecified atom stereocenters. The maximum Gasteiger partial charge on any atom is 0.230 e. The third-order valence-corrected chi connectivity index (χ3v) is 4.15. The number of imide groups is 1. The summed E-state index contributed by atoms with van der Waals surface area (Å²) in [5.41, 5.74) is 1.98. The molecule has 1 aliphatic rings. The van der Waals surface area contributed by atoms with Crippen molar-refractivity contribution >= 4 is 22.7 Å². The van der Waals surface area contributed by atoms with Gasteiger partial charge in [-0.3, -0.25) is 19.9 Å². The van der Waals surface area contributed by atoms with E-state index in [1.54, 1.807) is 6.20 Å². The smallest absolute Gasteiger partial charge is 0.230 e. The number of benzene rings is 1. The summed E-state index contributed by atoms with van der Waals surface area (Å²) < 4.78 is 0. The van der Waals surface area contributed by atoms with E-state index in [-0.39, 0.29) is 23.7 Å². The van der Waals surface area contributed by atoms with Crippen molar-refractivity contribution in [3.63, 3.8) is 0 Å². The van der Waals surface area contributed by atoms with Crippen LogP contribution in [-0.2, 0) is 9.59 Å². The van der Waals surface area contributed by atoms with Gasteiger partial charge in [0.1, 0.15) is 0 Å². The van der Waals surface area contributed by atoms with E-state index in [4.69, 9.17) is 0 Å². The molecule has 2 amide bonds. The molecule has 1 fully saturated rings. The van der Waals surface area contributed by atoms with Crippen LogP contribution in [0.25, 0.3) is 10.9 Å². The summed E-state index contributed by atoms with van der Waals surface area (Å²) in [7, 11) is 0. The number of carbonyl (C=O) groups is 2. The zero-order valence-electron chi connectivity index (χ0n) is 12.0. The molecule has 3 rings (SSSR count). The molecular weight excluding hydrogens is 264 g/mol. The zero-order chi connectivity index (χ0) is 14.8. The van der Waals surface area contributed by atoms with Gasteiger partial charge in [-0.2, -0.15) is 0 Å². The number of nitrogens with zero attached hydrogens (tertiary/aromatic N) is 1. The largest absolute Gasteiger partial charge is 0.296 e. The first-order chi connectivity index (χ1) is 10.2. The molecule has 4 nitrogen and oxygen atoms in total. The van der Waals surface area contributed by atoms with E-state index in [1.807, 2.05) is 24.3 Å². The SMILES string of the molecule is CCCC1C(=O)NC(=O)CC1c1ccc2ncccc2c1. The van der Waals surface area contributed by atoms with Crippen LogP contribution in [0.5, 0.6) is 0 Å². The van der Waals surface area contributed by atoms with Gasteiger partial charge in [0.2, 0.25) is 11.8 Å². The summed E-state index contributed by atoms with van der Waals surface area (Å²) in [6.07, 6.45) is 3.87. The highest BCUT2D eigenvalue weighted by molar-refractivity contribution is 6.00. The molecule has 1 N–H and O–H groups in total. The van der Waals surface area contributed by atoms with Gasteiger partial charge in [-0.15, -0.1) is 0 Å². The number of fused-ring (bicyclic) bond motifs is 1. The Labute approximate surface area is 123 Å². The maximum atomic E-state index is 12.1. The number of hydrogen-bond acceptors (Lipinski definition) is 3. The van der Waals surface area contributed by atoms with Crippen molar-refractivity contribution < 1.29 is 9.59 Å². The monoisotopic (exact) mass is 282 g/mol. The van der Waals surface area contributed by atoms with Gasteiger partial charge in [0.25, 0.3) is 0 Å². The van der Waals surface area contributed by atoms with Crippen LogP contribution in [0.2, 0.25) is 0 Å². The maximum absolute atomic E-state index is 12.1. The van der Waals surface area contributed by atoms with Crippen molar-refractivity contribution in [1.82, 2.24) is 10.3 Å². The van der Waals surface area contributed by atoms with Crippen LogP contribution in [0.4, 0.5) is 0 Å². The summed E-state index contributed by atoms with van der Waals surface area (Å²) in [6, 6.07) is 9.92. The van der Waals surface area contributed by atoms with Gasteiger partial charge in [-0.1, -0.05) is 25.5 Å². The Morgan fingerprint density at radius 1 is 1.29 bits per heavy atom. The molecule has 0 radical (unpaired) electrons. The lowest BCUT2D eigenvalue weighted by molar-refractivity contribution is -0.137. The number of piperidine rings is 1. The fraction of sp³-hybridized carbons (Fsp3) is 0.353. The second-order valence-corrected chi connectivity index (χ2v) is 5.57. The van der Waals surface area contributed by atoms with Crippen molar-refractivity contribution in [1.29, 1.82) is 0 Å². The van der Waals surface area contributed by atoms with Gasteiger partial charge in [0.15, 0.2) is 0 Å². The van der Waals surface area contributed by atoms with Crippen molar-refractivity contribution in [3.8, 4) is 0 Å². The molecule has 21 heavy (non-hydrogen) atoms. The topological polar surface area (TPSA) is 59.1 Å². The lowest BCUT2D eigenvalue weighted by atomic mass is 9.78. The Kier molecular flexibility index (Phi) is 3.69. The summed E-state index contributed by atoms with van der Waals surface area (Å²) in [5, 5.41) is 3.51. The Bertz CT molecular complexity index is 696. The number of aromatic nitrogens is 1. The first kappa shape index (κ1) is 13.7. The predicted octanol–water partition coefficient (Wildman–Crippen LogP) is 2.78. The Morgan fingerprint density at radius 3 is 2.95 bits per heavy atom. The Morgan fingerprint density at radius 2 is 2.14 bits per heavy atom. The van der Waals surface area contributed by atoms with Crippen LogP contribution in [-0.4, -0.2) is 16.8 Å². The summed E-state index contributed by atoms with van der Waals surface area (Å²) in [5.74, 6) is -0.467. The molecule has 108 valence electrons. The molecule has 2 atom stereocenters. The predicted molar refractivity (Wildman–Crippen MR) is 80.6 cm³/mol. The van der Waals surface area contributed by atoms with Crippen LogP contribution < -0.4 is 5.32 Å². The second-order valence-electron chi connectivity index (χ2n) is 5.57. The number of amides is 2. The molecule has 1 aliphatic heterocycles. The van der Waals surface area contributed by atoms with Crippen molar-refractivity contribution in [2.75, 3.05) is 0 Å². The summed E-state index contributed by atoms with van der Waals surface area (Å²) in [4.78, 5) is 28.1. The molecule has 0 spiro atoms. The molecule has 0 aliphatic carbocycles. The van der Waals surface area contributed by atoms with Crippen LogP contribution >= 0.6 is 0 Å². The van der Waals surface area contributed by atoms with Crippen molar-refractivity contribution in [2.45, 2.75) is 32.1 Å². The molecule has 4 heteroatoms. The fourth-order valence-corrected chi connectivity index (χ4v) is 3.12. The Hall–Kier alpha value is -2.23. The molecule has 0 saturated carbocycles. The number of pyridine rings is 1. The van der Waals surface area contributed by atoms with E-state index in [1.165, 1.54) is 0 Å². The molecular formula is C17H18N2O2. The average Bonchev–Trinajstić information content (AvgIpc) is 2.49. The molecule has 2 aromatic rings. The van der Waals surface area contributed by atoms with Crippen LogP contribution in [0, 0.1) is 5.92 Å². The lowest BCUT2D eigenvalue weighted by Crippen LogP contribution is -2.44. The molecule has 0 bridgehead atoms. The minimum absolute atomic E-state index is 0.0317. The van der Waals surface area contributed by atoms with E-state index in [2.05, 4.69) is 23.3 Å². The van der Waals surface area contributed by atoms with Crippen LogP contribution in [0.1, 0.15) is 37.7 Å². The van der Waals surface area contributed by atoms with Crippen molar-refractivity contribution in [3.05, 3.63) is 42.1 Å². The van der Waals surface area contributed by atoms with E-state index >= 15 is 0 Å². The first-order valence-electron chi connectivity index (χ1n) is 7.37. The van der Waals surface area contributed by atoms with Gasteiger partial charge < -0.3 is 0 Å². The third kappa shape index (κ3) is 2.66. The quantitative estimate of drug-likeness (QED) is 0.881. The highest BCUT2D eigenvalue weighted by Crippen LogP contribution is 2.35. The van der Waals surface area contributed by atoms with Gasteiger partial charge >= 0.3 is 0 Å². The number of carbonyl (C=O) groups excluding carboxylic acids is 2. The van der Waals surface area contributed by atoms with E-state index in [9.17, 15) is 9.59 Å². The van der Waals surface area contributed by atoms with Gasteiger partial charge in [0.05, 0.1) is 5.52 Å². The second kappa shape index (κ2) is 5.64. The minimum Gasteiger partial charge on any atom is -0.296 e. The normalized spacial score (nSPS) is 22.3. The number of nitrogens with one attached hydrogen (secondary N) is 1. The fourth-order valence-electron chi connectivity index (χ4n) is 3.12. The lowest BCUT2D eigenvalue weighted by Gasteiger charge is -2.30. The van der Waals surface area contributed by atoms with Crippen molar-refractivity contribution in [2.24, 2.45) is 5.92 Å². The standard InChI is InChI=1S/C17H18N2O2/c1-2-4-13-14(10-16(20)19-17(13)21)11-6-7-15-12(9-11)5-3-8-18-15/h3,5-9,13-14H,2,4,10H2,1H3,(H,19,20,21). The molecule has 1 aromatic carbocycles. The molecule has 1 aromatic heterocycles. The van der Waals surface area contributed by atoms with E-state index in [0.717, 1.165) is 29.3 Å². The minimum atomic E-state index is -0.177. The zero-order valence-corrected chi connectivity index (χ0v) is 12.0. The highest BCUT2D eigenvalue weighted by atomic mass is 16.2.